The lowest BCUT2D eigenvalue weighted by atomic mass is 10.1. The Hall–Kier alpha value is -1.69. The molecular weight excluding hydrogens is 188 g/mol. The summed E-state index contributed by atoms with van der Waals surface area (Å²) in [5.41, 5.74) is 1.74. The van der Waals surface area contributed by atoms with Crippen LogP contribution in [-0.4, -0.2) is 20.2 Å². The first-order chi connectivity index (χ1) is 7.35. The minimum Gasteiger partial charge on any atom is -0.497 e. The van der Waals surface area contributed by atoms with Gasteiger partial charge < -0.3 is 9.64 Å². The van der Waals surface area contributed by atoms with Crippen molar-refractivity contribution in [1.82, 2.24) is 0 Å². The second-order valence-corrected chi connectivity index (χ2v) is 3.69. The second-order valence-electron chi connectivity index (χ2n) is 3.69. The predicted molar refractivity (Wildman–Crippen MR) is 59.2 cm³/mol. The van der Waals surface area contributed by atoms with E-state index < -0.39 is 0 Å². The van der Waals surface area contributed by atoms with Gasteiger partial charge in [0.1, 0.15) is 11.8 Å². The highest BCUT2D eigenvalue weighted by atomic mass is 16.5. The Morgan fingerprint density at radius 1 is 1.33 bits per heavy atom. The molecule has 0 atom stereocenters. The molecule has 2 rings (SSSR count). The lowest BCUT2D eigenvalue weighted by Gasteiger charge is -2.19. The highest BCUT2D eigenvalue weighted by Crippen LogP contribution is 2.28. The van der Waals surface area contributed by atoms with Gasteiger partial charge in [-0.15, -0.1) is 0 Å². The van der Waals surface area contributed by atoms with Crippen LogP contribution in [0.25, 0.3) is 0 Å². The summed E-state index contributed by atoms with van der Waals surface area (Å²) in [7, 11) is 1.65. The fraction of sp³-hybridized carbons (Fsp3) is 0.417. The van der Waals surface area contributed by atoms with Crippen LogP contribution in [0.15, 0.2) is 18.2 Å². The molecule has 1 heterocycles. The Labute approximate surface area is 89.9 Å². The van der Waals surface area contributed by atoms with E-state index in [1.807, 2.05) is 18.2 Å². The van der Waals surface area contributed by atoms with E-state index in [9.17, 15) is 0 Å². The average molecular weight is 202 g/mol. The van der Waals surface area contributed by atoms with Crippen LogP contribution in [0.2, 0.25) is 0 Å². The van der Waals surface area contributed by atoms with Crippen LogP contribution in [-0.2, 0) is 0 Å². The summed E-state index contributed by atoms with van der Waals surface area (Å²) in [5, 5.41) is 9.02. The normalized spacial score (nSPS) is 15.1. The first kappa shape index (κ1) is 9.85. The molecule has 0 spiro atoms. The number of hydrogen-bond donors (Lipinski definition) is 0. The summed E-state index contributed by atoms with van der Waals surface area (Å²) in [6, 6.07) is 7.83. The van der Waals surface area contributed by atoms with Gasteiger partial charge in [0.05, 0.1) is 18.4 Å². The molecule has 78 valence electrons. The van der Waals surface area contributed by atoms with E-state index in [4.69, 9.17) is 10.00 Å². The van der Waals surface area contributed by atoms with Crippen LogP contribution in [0.3, 0.4) is 0 Å². The van der Waals surface area contributed by atoms with Gasteiger partial charge in [-0.3, -0.25) is 0 Å². The van der Waals surface area contributed by atoms with Crippen molar-refractivity contribution in [3.8, 4) is 11.8 Å². The van der Waals surface area contributed by atoms with Gasteiger partial charge >= 0.3 is 0 Å². The maximum atomic E-state index is 9.02. The Kier molecular flexibility index (Phi) is 2.77. The zero-order valence-corrected chi connectivity index (χ0v) is 8.86. The molecular formula is C12H14N2O. The monoisotopic (exact) mass is 202 g/mol. The Morgan fingerprint density at radius 3 is 2.67 bits per heavy atom. The van der Waals surface area contributed by atoms with Crippen LogP contribution >= 0.6 is 0 Å². The van der Waals surface area contributed by atoms with Gasteiger partial charge in [-0.05, 0) is 25.0 Å². The molecule has 1 aromatic carbocycles. The minimum atomic E-state index is 0.734. The molecule has 0 aliphatic carbocycles. The third kappa shape index (κ3) is 1.89. The first-order valence-electron chi connectivity index (χ1n) is 5.18. The molecule has 0 amide bonds. The van der Waals surface area contributed by atoms with Crippen LogP contribution in [0.5, 0.6) is 5.75 Å². The fourth-order valence-corrected chi connectivity index (χ4v) is 1.95. The molecule has 0 unspecified atom stereocenters. The number of ether oxygens (including phenoxy) is 1. The summed E-state index contributed by atoms with van der Waals surface area (Å²) in [5.74, 6) is 0.816. The number of rotatable bonds is 2. The minimum absolute atomic E-state index is 0.734. The molecule has 3 nitrogen and oxygen atoms in total. The molecule has 1 saturated heterocycles. The van der Waals surface area contributed by atoms with Crippen molar-refractivity contribution in [2.45, 2.75) is 12.8 Å². The van der Waals surface area contributed by atoms with Gasteiger partial charge in [0, 0.05) is 19.2 Å². The second kappa shape index (κ2) is 4.22. The number of hydrogen-bond acceptors (Lipinski definition) is 3. The van der Waals surface area contributed by atoms with Crippen LogP contribution in [0.4, 0.5) is 5.69 Å². The molecule has 1 aromatic rings. The first-order valence-corrected chi connectivity index (χ1v) is 5.18. The quantitative estimate of drug-likeness (QED) is 0.737. The zero-order valence-electron chi connectivity index (χ0n) is 8.86. The summed E-state index contributed by atoms with van der Waals surface area (Å²) in [4.78, 5) is 2.25. The maximum absolute atomic E-state index is 9.02. The Bertz CT molecular complexity index is 389. The summed E-state index contributed by atoms with van der Waals surface area (Å²) in [6.45, 7) is 2.09. The lowest BCUT2D eigenvalue weighted by Crippen LogP contribution is -2.18. The van der Waals surface area contributed by atoms with E-state index >= 15 is 0 Å². The van der Waals surface area contributed by atoms with Crippen molar-refractivity contribution in [2.75, 3.05) is 25.1 Å². The molecule has 0 N–H and O–H groups in total. The predicted octanol–water partition coefficient (Wildman–Crippen LogP) is 2.17. The zero-order chi connectivity index (χ0) is 10.7. The number of nitriles is 1. The molecule has 0 bridgehead atoms. The van der Waals surface area contributed by atoms with Crippen molar-refractivity contribution >= 4 is 5.69 Å². The van der Waals surface area contributed by atoms with E-state index in [0.29, 0.717) is 0 Å². The van der Waals surface area contributed by atoms with Crippen LogP contribution in [0, 0.1) is 11.3 Å². The fourth-order valence-electron chi connectivity index (χ4n) is 1.95. The summed E-state index contributed by atoms with van der Waals surface area (Å²) < 4.78 is 5.18. The molecule has 0 saturated carbocycles. The van der Waals surface area contributed by atoms with Crippen molar-refractivity contribution in [1.29, 1.82) is 5.26 Å². The number of nitrogens with zero attached hydrogens (tertiary/aromatic N) is 2. The molecule has 0 radical (unpaired) electrons. The SMILES string of the molecule is COc1ccc(C#N)c(N2CCCC2)c1. The van der Waals surface area contributed by atoms with Gasteiger partial charge in [0.2, 0.25) is 0 Å². The van der Waals surface area contributed by atoms with E-state index in [1.165, 1.54) is 12.8 Å². The topological polar surface area (TPSA) is 36.3 Å². The van der Waals surface area contributed by atoms with Gasteiger partial charge in [0.25, 0.3) is 0 Å². The standard InChI is InChI=1S/C12H14N2O/c1-15-11-5-4-10(9-13)12(8-11)14-6-2-3-7-14/h4-5,8H,2-3,6-7H2,1H3. The third-order valence-electron chi connectivity index (χ3n) is 2.77. The summed E-state index contributed by atoms with van der Waals surface area (Å²) >= 11 is 0. The highest BCUT2D eigenvalue weighted by molar-refractivity contribution is 5.62. The molecule has 1 aliphatic rings. The van der Waals surface area contributed by atoms with Gasteiger partial charge in [-0.1, -0.05) is 0 Å². The Balaban J connectivity index is 2.37. The number of anilines is 1. The average Bonchev–Trinajstić information content (AvgIpc) is 2.81. The van der Waals surface area contributed by atoms with Crippen molar-refractivity contribution < 1.29 is 4.74 Å². The molecule has 0 aromatic heterocycles. The van der Waals surface area contributed by atoms with Gasteiger partial charge in [-0.25, -0.2) is 0 Å². The van der Waals surface area contributed by atoms with Crippen molar-refractivity contribution in [2.24, 2.45) is 0 Å². The maximum Gasteiger partial charge on any atom is 0.121 e. The summed E-state index contributed by atoms with van der Waals surface area (Å²) in [6.07, 6.45) is 2.42. The van der Waals surface area contributed by atoms with E-state index in [1.54, 1.807) is 7.11 Å². The van der Waals surface area contributed by atoms with Crippen LogP contribution in [0.1, 0.15) is 18.4 Å². The molecule has 15 heavy (non-hydrogen) atoms. The largest absolute Gasteiger partial charge is 0.497 e. The Morgan fingerprint density at radius 2 is 2.07 bits per heavy atom. The number of benzene rings is 1. The molecule has 3 heteroatoms. The lowest BCUT2D eigenvalue weighted by molar-refractivity contribution is 0.415. The van der Waals surface area contributed by atoms with Gasteiger partial charge in [0.15, 0.2) is 0 Å². The van der Waals surface area contributed by atoms with Crippen LogP contribution < -0.4 is 9.64 Å². The number of methoxy groups -OCH3 is 1. The molecule has 1 fully saturated rings. The van der Waals surface area contributed by atoms with E-state index in [2.05, 4.69) is 11.0 Å². The van der Waals surface area contributed by atoms with Crippen molar-refractivity contribution in [3.63, 3.8) is 0 Å². The third-order valence-corrected chi connectivity index (χ3v) is 2.77. The molecule has 1 aliphatic heterocycles. The van der Waals surface area contributed by atoms with E-state index in [0.717, 1.165) is 30.1 Å². The van der Waals surface area contributed by atoms with Gasteiger partial charge in [-0.2, -0.15) is 5.26 Å². The van der Waals surface area contributed by atoms with E-state index in [-0.39, 0.29) is 0 Å². The highest BCUT2D eigenvalue weighted by Gasteiger charge is 2.16. The van der Waals surface area contributed by atoms with Crippen molar-refractivity contribution in [3.05, 3.63) is 23.8 Å². The smallest absolute Gasteiger partial charge is 0.121 e.